The van der Waals surface area contributed by atoms with Crippen molar-refractivity contribution in [1.82, 2.24) is 19.7 Å². The summed E-state index contributed by atoms with van der Waals surface area (Å²) in [6.07, 6.45) is 3.33. The number of hydrogen-bond donors (Lipinski definition) is 0. The maximum absolute atomic E-state index is 12.4. The largest absolute Gasteiger partial charge is 0.339 e. The Morgan fingerprint density at radius 1 is 1.04 bits per heavy atom. The standard InChI is InChI=1S/C16H22N4O3/c1-13(21)18-7-9-19(10-8-18)16(23)12-20(14(2)22)11-15-3-5-17-6-4-15/h3-6H,7-12H2,1-2H3. The molecule has 0 N–H and O–H groups in total. The molecule has 0 radical (unpaired) electrons. The summed E-state index contributed by atoms with van der Waals surface area (Å²) in [4.78, 5) is 44.4. The number of rotatable bonds is 4. The minimum Gasteiger partial charge on any atom is -0.339 e. The smallest absolute Gasteiger partial charge is 0.242 e. The molecule has 1 saturated heterocycles. The zero-order valence-electron chi connectivity index (χ0n) is 13.6. The Morgan fingerprint density at radius 2 is 1.61 bits per heavy atom. The molecule has 3 amide bonds. The van der Waals surface area contributed by atoms with Gasteiger partial charge in [-0.1, -0.05) is 0 Å². The van der Waals surface area contributed by atoms with Crippen LogP contribution in [0.3, 0.4) is 0 Å². The van der Waals surface area contributed by atoms with Crippen LogP contribution in [0.25, 0.3) is 0 Å². The topological polar surface area (TPSA) is 73.8 Å². The summed E-state index contributed by atoms with van der Waals surface area (Å²) in [5, 5.41) is 0. The van der Waals surface area contributed by atoms with Crippen molar-refractivity contribution in [3.63, 3.8) is 0 Å². The lowest BCUT2D eigenvalue weighted by atomic mass is 10.2. The van der Waals surface area contributed by atoms with Crippen molar-refractivity contribution in [2.45, 2.75) is 20.4 Å². The predicted molar refractivity (Wildman–Crippen MR) is 84.2 cm³/mol. The van der Waals surface area contributed by atoms with Crippen LogP contribution in [0.5, 0.6) is 0 Å². The van der Waals surface area contributed by atoms with E-state index in [1.807, 2.05) is 12.1 Å². The van der Waals surface area contributed by atoms with Crippen LogP contribution < -0.4 is 0 Å². The molecule has 1 aliphatic rings. The van der Waals surface area contributed by atoms with Crippen LogP contribution in [0.2, 0.25) is 0 Å². The summed E-state index contributed by atoms with van der Waals surface area (Å²) in [6.45, 7) is 5.55. The summed E-state index contributed by atoms with van der Waals surface area (Å²) < 4.78 is 0. The van der Waals surface area contributed by atoms with Crippen LogP contribution in [0.15, 0.2) is 24.5 Å². The average Bonchev–Trinajstić information content (AvgIpc) is 2.55. The Kier molecular flexibility index (Phi) is 5.67. The molecule has 1 fully saturated rings. The van der Waals surface area contributed by atoms with Crippen LogP contribution in [0.4, 0.5) is 0 Å². The van der Waals surface area contributed by atoms with Crippen molar-refractivity contribution in [3.05, 3.63) is 30.1 Å². The van der Waals surface area contributed by atoms with E-state index in [0.29, 0.717) is 32.7 Å². The van der Waals surface area contributed by atoms with E-state index in [1.165, 1.54) is 18.7 Å². The fourth-order valence-electron chi connectivity index (χ4n) is 2.52. The number of nitrogens with zero attached hydrogens (tertiary/aromatic N) is 4. The molecule has 124 valence electrons. The van der Waals surface area contributed by atoms with Gasteiger partial charge in [-0.3, -0.25) is 19.4 Å². The van der Waals surface area contributed by atoms with E-state index in [-0.39, 0.29) is 24.3 Å². The number of amides is 3. The van der Waals surface area contributed by atoms with E-state index in [2.05, 4.69) is 4.98 Å². The van der Waals surface area contributed by atoms with Gasteiger partial charge in [-0.05, 0) is 17.7 Å². The van der Waals surface area contributed by atoms with Gasteiger partial charge >= 0.3 is 0 Å². The van der Waals surface area contributed by atoms with Gasteiger partial charge in [0.25, 0.3) is 0 Å². The van der Waals surface area contributed by atoms with E-state index in [0.717, 1.165) is 5.56 Å². The minimum absolute atomic E-state index is 0.0279. The van der Waals surface area contributed by atoms with Crippen LogP contribution >= 0.6 is 0 Å². The first kappa shape index (κ1) is 16.9. The molecule has 7 nitrogen and oxygen atoms in total. The molecule has 0 saturated carbocycles. The van der Waals surface area contributed by atoms with Crippen molar-refractivity contribution in [3.8, 4) is 0 Å². The molecule has 0 unspecified atom stereocenters. The highest BCUT2D eigenvalue weighted by Crippen LogP contribution is 2.07. The van der Waals surface area contributed by atoms with Crippen LogP contribution in [0.1, 0.15) is 19.4 Å². The molecule has 0 aliphatic carbocycles. The first-order valence-electron chi connectivity index (χ1n) is 7.65. The van der Waals surface area contributed by atoms with Crippen LogP contribution in [0, 0.1) is 0 Å². The third-order valence-electron chi connectivity index (χ3n) is 3.97. The van der Waals surface area contributed by atoms with Gasteiger partial charge in [0.15, 0.2) is 0 Å². The second-order valence-corrected chi connectivity index (χ2v) is 5.62. The molecule has 0 aromatic carbocycles. The Balaban J connectivity index is 1.91. The first-order chi connectivity index (χ1) is 11.0. The van der Waals surface area contributed by atoms with E-state index in [9.17, 15) is 14.4 Å². The summed E-state index contributed by atoms with van der Waals surface area (Å²) in [5.74, 6) is -0.199. The van der Waals surface area contributed by atoms with Crippen molar-refractivity contribution in [2.24, 2.45) is 0 Å². The quantitative estimate of drug-likeness (QED) is 0.790. The molecule has 0 spiro atoms. The lowest BCUT2D eigenvalue weighted by Crippen LogP contribution is -2.52. The normalized spacial score (nSPS) is 14.5. The monoisotopic (exact) mass is 318 g/mol. The molecule has 1 aliphatic heterocycles. The SMILES string of the molecule is CC(=O)N1CCN(C(=O)CN(Cc2ccncc2)C(C)=O)CC1. The Labute approximate surface area is 135 Å². The zero-order chi connectivity index (χ0) is 16.8. The maximum Gasteiger partial charge on any atom is 0.242 e. The molecule has 7 heteroatoms. The highest BCUT2D eigenvalue weighted by atomic mass is 16.2. The van der Waals surface area contributed by atoms with Crippen molar-refractivity contribution >= 4 is 17.7 Å². The van der Waals surface area contributed by atoms with Gasteiger partial charge in [0.2, 0.25) is 17.7 Å². The lowest BCUT2D eigenvalue weighted by Gasteiger charge is -2.35. The lowest BCUT2D eigenvalue weighted by molar-refractivity contribution is -0.142. The maximum atomic E-state index is 12.4. The summed E-state index contributed by atoms with van der Waals surface area (Å²) in [7, 11) is 0. The molecule has 0 atom stereocenters. The van der Waals surface area contributed by atoms with Gasteiger partial charge in [-0.2, -0.15) is 0 Å². The minimum atomic E-state index is -0.141. The highest BCUT2D eigenvalue weighted by molar-refractivity contribution is 5.84. The van der Waals surface area contributed by atoms with Gasteiger partial charge < -0.3 is 14.7 Å². The average molecular weight is 318 g/mol. The second kappa shape index (κ2) is 7.71. The third kappa shape index (κ3) is 4.77. The molecule has 0 bridgehead atoms. The number of carbonyl (C=O) groups is 3. The van der Waals surface area contributed by atoms with E-state index < -0.39 is 0 Å². The molecule has 23 heavy (non-hydrogen) atoms. The van der Waals surface area contributed by atoms with Crippen LogP contribution in [-0.4, -0.2) is 70.1 Å². The molecular weight excluding hydrogens is 296 g/mol. The molecule has 2 rings (SSSR count). The van der Waals surface area contributed by atoms with Crippen LogP contribution in [-0.2, 0) is 20.9 Å². The Hall–Kier alpha value is -2.44. The zero-order valence-corrected chi connectivity index (χ0v) is 13.6. The number of hydrogen-bond acceptors (Lipinski definition) is 4. The summed E-state index contributed by atoms with van der Waals surface area (Å²) in [6, 6.07) is 3.65. The Morgan fingerprint density at radius 3 is 2.13 bits per heavy atom. The van der Waals surface area contributed by atoms with E-state index in [1.54, 1.807) is 22.2 Å². The Bertz CT molecular complexity index is 568. The fraction of sp³-hybridized carbons (Fsp3) is 0.500. The highest BCUT2D eigenvalue weighted by Gasteiger charge is 2.24. The molecule has 1 aromatic rings. The van der Waals surface area contributed by atoms with E-state index >= 15 is 0 Å². The number of piperazine rings is 1. The summed E-state index contributed by atoms with van der Waals surface area (Å²) >= 11 is 0. The molecule has 2 heterocycles. The number of aromatic nitrogens is 1. The van der Waals surface area contributed by atoms with E-state index in [4.69, 9.17) is 0 Å². The van der Waals surface area contributed by atoms with Gasteiger partial charge in [-0.15, -0.1) is 0 Å². The third-order valence-corrected chi connectivity index (χ3v) is 3.97. The van der Waals surface area contributed by atoms with Gasteiger partial charge in [0.05, 0.1) is 0 Å². The molecular formula is C16H22N4O3. The second-order valence-electron chi connectivity index (χ2n) is 5.62. The predicted octanol–water partition coefficient (Wildman–Crippen LogP) is 0.121. The summed E-state index contributed by atoms with van der Waals surface area (Å²) in [5.41, 5.74) is 0.935. The van der Waals surface area contributed by atoms with Crippen molar-refractivity contribution in [2.75, 3.05) is 32.7 Å². The fourth-order valence-corrected chi connectivity index (χ4v) is 2.52. The molecule has 1 aromatic heterocycles. The first-order valence-corrected chi connectivity index (χ1v) is 7.65. The number of pyridine rings is 1. The number of carbonyl (C=O) groups excluding carboxylic acids is 3. The van der Waals surface area contributed by atoms with Crippen molar-refractivity contribution < 1.29 is 14.4 Å². The van der Waals surface area contributed by atoms with Gasteiger partial charge in [0, 0.05) is 59.0 Å². The van der Waals surface area contributed by atoms with Gasteiger partial charge in [0.1, 0.15) is 6.54 Å². The van der Waals surface area contributed by atoms with Gasteiger partial charge in [-0.25, -0.2) is 0 Å². The van der Waals surface area contributed by atoms with Crippen molar-refractivity contribution in [1.29, 1.82) is 0 Å².